The lowest BCUT2D eigenvalue weighted by atomic mass is 10.1. The summed E-state index contributed by atoms with van der Waals surface area (Å²) < 4.78 is 5.44. The van der Waals surface area contributed by atoms with Crippen LogP contribution in [0.2, 0.25) is 5.15 Å². The van der Waals surface area contributed by atoms with E-state index in [1.807, 2.05) is 13.0 Å². The Morgan fingerprint density at radius 2 is 2.00 bits per heavy atom. The summed E-state index contributed by atoms with van der Waals surface area (Å²) in [4.78, 5) is 9.04. The molecule has 4 heteroatoms. The molecule has 2 aromatic heterocycles. The van der Waals surface area contributed by atoms with Crippen LogP contribution in [0.3, 0.4) is 0 Å². The summed E-state index contributed by atoms with van der Waals surface area (Å²) >= 11 is 6.30. The SMILES string of the molecule is Cc1ccoc1-c1nc(Cl)c2c(n1)CCCCC2. The number of hydrogen-bond donors (Lipinski definition) is 0. The zero-order chi connectivity index (χ0) is 12.5. The first-order valence-electron chi connectivity index (χ1n) is 6.35. The van der Waals surface area contributed by atoms with Gasteiger partial charge in [0.25, 0.3) is 0 Å². The van der Waals surface area contributed by atoms with Crippen LogP contribution in [0, 0.1) is 6.92 Å². The van der Waals surface area contributed by atoms with Crippen molar-refractivity contribution >= 4 is 11.6 Å². The second kappa shape index (κ2) is 4.73. The fourth-order valence-corrected chi connectivity index (χ4v) is 2.71. The largest absolute Gasteiger partial charge is 0.461 e. The highest BCUT2D eigenvalue weighted by atomic mass is 35.5. The summed E-state index contributed by atoms with van der Waals surface area (Å²) in [5, 5.41) is 0.590. The van der Waals surface area contributed by atoms with Crippen molar-refractivity contribution in [2.75, 3.05) is 0 Å². The van der Waals surface area contributed by atoms with Crippen molar-refractivity contribution in [1.82, 2.24) is 9.97 Å². The highest BCUT2D eigenvalue weighted by Gasteiger charge is 2.18. The van der Waals surface area contributed by atoms with Gasteiger partial charge in [0.2, 0.25) is 0 Å². The molecule has 0 radical (unpaired) electrons. The minimum Gasteiger partial charge on any atom is -0.461 e. The molecule has 2 aromatic rings. The van der Waals surface area contributed by atoms with Crippen LogP contribution in [-0.4, -0.2) is 9.97 Å². The van der Waals surface area contributed by atoms with Gasteiger partial charge in [-0.25, -0.2) is 9.97 Å². The van der Waals surface area contributed by atoms with Crippen LogP contribution in [0.1, 0.15) is 36.1 Å². The minimum absolute atomic E-state index is 0.590. The number of furan rings is 1. The van der Waals surface area contributed by atoms with Gasteiger partial charge in [0, 0.05) is 11.3 Å². The smallest absolute Gasteiger partial charge is 0.197 e. The number of fused-ring (bicyclic) bond motifs is 1. The van der Waals surface area contributed by atoms with Crippen LogP contribution in [0.4, 0.5) is 0 Å². The second-order valence-corrected chi connectivity index (χ2v) is 5.11. The molecule has 0 aliphatic heterocycles. The van der Waals surface area contributed by atoms with Gasteiger partial charge in [0.05, 0.1) is 6.26 Å². The summed E-state index contributed by atoms with van der Waals surface area (Å²) in [6.45, 7) is 1.99. The Hall–Kier alpha value is -1.35. The summed E-state index contributed by atoms with van der Waals surface area (Å²) in [7, 11) is 0. The Morgan fingerprint density at radius 3 is 2.78 bits per heavy atom. The van der Waals surface area contributed by atoms with E-state index in [1.54, 1.807) is 6.26 Å². The molecule has 0 unspecified atom stereocenters. The first kappa shape index (κ1) is 11.7. The monoisotopic (exact) mass is 262 g/mol. The molecular weight excluding hydrogens is 248 g/mol. The molecule has 0 saturated carbocycles. The van der Waals surface area contributed by atoms with Crippen molar-refractivity contribution < 1.29 is 4.42 Å². The molecule has 1 aliphatic carbocycles. The third-order valence-electron chi connectivity index (χ3n) is 3.45. The summed E-state index contributed by atoms with van der Waals surface area (Å²) in [5.74, 6) is 1.34. The molecule has 0 amide bonds. The van der Waals surface area contributed by atoms with E-state index in [2.05, 4.69) is 9.97 Å². The summed E-state index contributed by atoms with van der Waals surface area (Å²) in [6.07, 6.45) is 7.23. The first-order valence-corrected chi connectivity index (χ1v) is 6.73. The topological polar surface area (TPSA) is 38.9 Å². The molecule has 0 fully saturated rings. The fourth-order valence-electron chi connectivity index (χ4n) is 2.43. The molecule has 0 aromatic carbocycles. The molecule has 18 heavy (non-hydrogen) atoms. The average Bonchev–Trinajstić information content (AvgIpc) is 2.63. The van der Waals surface area contributed by atoms with E-state index < -0.39 is 0 Å². The molecule has 0 N–H and O–H groups in total. The zero-order valence-corrected chi connectivity index (χ0v) is 11.1. The lowest BCUT2D eigenvalue weighted by Crippen LogP contribution is -2.02. The Kier molecular flexibility index (Phi) is 3.08. The van der Waals surface area contributed by atoms with Crippen LogP contribution in [0.25, 0.3) is 11.6 Å². The molecule has 0 saturated heterocycles. The maximum atomic E-state index is 6.30. The lowest BCUT2D eigenvalue weighted by molar-refractivity contribution is 0.575. The van der Waals surface area contributed by atoms with Gasteiger partial charge in [-0.15, -0.1) is 0 Å². The Morgan fingerprint density at radius 1 is 1.17 bits per heavy atom. The van der Waals surface area contributed by atoms with Crippen molar-refractivity contribution in [1.29, 1.82) is 0 Å². The lowest BCUT2D eigenvalue weighted by Gasteiger charge is -2.08. The predicted molar refractivity (Wildman–Crippen MR) is 70.7 cm³/mol. The Balaban J connectivity index is 2.11. The van der Waals surface area contributed by atoms with Gasteiger partial charge in [0.15, 0.2) is 11.6 Å². The average molecular weight is 263 g/mol. The predicted octanol–water partition coefficient (Wildman–Crippen LogP) is 3.97. The van der Waals surface area contributed by atoms with Crippen molar-refractivity contribution in [3.05, 3.63) is 34.3 Å². The highest BCUT2D eigenvalue weighted by Crippen LogP contribution is 2.29. The number of aromatic nitrogens is 2. The molecule has 3 nitrogen and oxygen atoms in total. The zero-order valence-electron chi connectivity index (χ0n) is 10.4. The Bertz CT molecular complexity index is 577. The van der Waals surface area contributed by atoms with Crippen LogP contribution in [-0.2, 0) is 12.8 Å². The van der Waals surface area contributed by atoms with Crippen LogP contribution < -0.4 is 0 Å². The highest BCUT2D eigenvalue weighted by molar-refractivity contribution is 6.30. The van der Waals surface area contributed by atoms with Gasteiger partial charge in [-0.2, -0.15) is 0 Å². The third kappa shape index (κ3) is 2.03. The number of aryl methyl sites for hydroxylation is 2. The van der Waals surface area contributed by atoms with Crippen molar-refractivity contribution in [2.24, 2.45) is 0 Å². The molecule has 0 bridgehead atoms. The van der Waals surface area contributed by atoms with E-state index >= 15 is 0 Å². The van der Waals surface area contributed by atoms with E-state index in [1.165, 1.54) is 19.3 Å². The number of halogens is 1. The third-order valence-corrected chi connectivity index (χ3v) is 3.76. The number of hydrogen-bond acceptors (Lipinski definition) is 3. The maximum Gasteiger partial charge on any atom is 0.197 e. The van der Waals surface area contributed by atoms with E-state index in [4.69, 9.17) is 16.0 Å². The molecule has 0 spiro atoms. The molecule has 94 valence electrons. The van der Waals surface area contributed by atoms with Gasteiger partial charge in [-0.1, -0.05) is 18.0 Å². The van der Waals surface area contributed by atoms with Crippen LogP contribution in [0.5, 0.6) is 0 Å². The summed E-state index contributed by atoms with van der Waals surface area (Å²) in [5.41, 5.74) is 3.26. The molecule has 2 heterocycles. The minimum atomic E-state index is 0.590. The van der Waals surface area contributed by atoms with Crippen molar-refractivity contribution in [2.45, 2.75) is 39.0 Å². The quantitative estimate of drug-likeness (QED) is 0.577. The Labute approximate surface area is 111 Å². The summed E-state index contributed by atoms with van der Waals surface area (Å²) in [6, 6.07) is 1.91. The van der Waals surface area contributed by atoms with E-state index in [0.29, 0.717) is 11.0 Å². The molecule has 0 atom stereocenters. The standard InChI is InChI=1S/C14H15ClN2O/c1-9-7-8-18-12(9)14-16-11-6-4-2-3-5-10(11)13(15)17-14/h7-8H,2-6H2,1H3. The molecule has 1 aliphatic rings. The van der Waals surface area contributed by atoms with E-state index in [0.717, 1.165) is 35.4 Å². The van der Waals surface area contributed by atoms with Gasteiger partial charge < -0.3 is 4.42 Å². The van der Waals surface area contributed by atoms with E-state index in [-0.39, 0.29) is 0 Å². The maximum absolute atomic E-state index is 6.30. The fraction of sp³-hybridized carbons (Fsp3) is 0.429. The van der Waals surface area contributed by atoms with Gasteiger partial charge >= 0.3 is 0 Å². The van der Waals surface area contributed by atoms with Crippen molar-refractivity contribution in [3.63, 3.8) is 0 Å². The first-order chi connectivity index (χ1) is 8.75. The number of rotatable bonds is 1. The van der Waals surface area contributed by atoms with Crippen LogP contribution in [0.15, 0.2) is 16.7 Å². The second-order valence-electron chi connectivity index (χ2n) is 4.76. The van der Waals surface area contributed by atoms with Crippen LogP contribution >= 0.6 is 11.6 Å². The number of nitrogens with zero attached hydrogens (tertiary/aromatic N) is 2. The molecule has 3 rings (SSSR count). The van der Waals surface area contributed by atoms with Gasteiger partial charge in [-0.3, -0.25) is 0 Å². The normalized spacial score (nSPS) is 15.2. The van der Waals surface area contributed by atoms with Crippen molar-refractivity contribution in [3.8, 4) is 11.6 Å². The molecular formula is C14H15ClN2O. The van der Waals surface area contributed by atoms with Gasteiger partial charge in [0.1, 0.15) is 5.15 Å². The van der Waals surface area contributed by atoms with E-state index in [9.17, 15) is 0 Å². The van der Waals surface area contributed by atoms with Gasteiger partial charge in [-0.05, 0) is 44.2 Å².